The van der Waals surface area contributed by atoms with Crippen LogP contribution in [0.25, 0.3) is 0 Å². The highest BCUT2D eigenvalue weighted by Gasteiger charge is 2.42. The molecular formula is C13H25N3OSi. The number of isocyanates is 1. The molecule has 1 rings (SSSR count). The molecule has 0 aromatic rings. The van der Waals surface area contributed by atoms with E-state index in [9.17, 15) is 4.79 Å². The summed E-state index contributed by atoms with van der Waals surface area (Å²) in [7, 11) is -1.84. The molecule has 0 atom stereocenters. The Bertz CT molecular complexity index is 346. The van der Waals surface area contributed by atoms with Gasteiger partial charge in [0, 0.05) is 23.5 Å². The smallest absolute Gasteiger partial charge is 0.365 e. The third-order valence-corrected chi connectivity index (χ3v) is 7.26. The molecule has 5 heteroatoms. The summed E-state index contributed by atoms with van der Waals surface area (Å²) in [4.78, 5) is 10.7. The van der Waals surface area contributed by atoms with Crippen LogP contribution in [0.5, 0.6) is 0 Å². The van der Waals surface area contributed by atoms with E-state index in [-0.39, 0.29) is 11.1 Å². The molecule has 0 aromatic heterocycles. The van der Waals surface area contributed by atoms with E-state index >= 15 is 0 Å². The summed E-state index contributed by atoms with van der Waals surface area (Å²) in [6, 6.07) is 0. The Balaban J connectivity index is 3.07. The molecule has 0 amide bonds. The lowest BCUT2D eigenvalue weighted by Gasteiger charge is -2.43. The largest absolute Gasteiger partial charge is 0.394 e. The van der Waals surface area contributed by atoms with Crippen LogP contribution in [0, 0.1) is 0 Å². The fraction of sp³-hybridized carbons (Fsp3) is 0.769. The van der Waals surface area contributed by atoms with Gasteiger partial charge in [-0.25, -0.2) is 9.45 Å². The summed E-state index contributed by atoms with van der Waals surface area (Å²) >= 11 is 0. The molecule has 0 aliphatic carbocycles. The van der Waals surface area contributed by atoms with Crippen molar-refractivity contribution < 1.29 is 4.79 Å². The average molecular weight is 267 g/mol. The van der Waals surface area contributed by atoms with Crippen LogP contribution in [0.15, 0.2) is 17.1 Å². The summed E-state index contributed by atoms with van der Waals surface area (Å²) in [6.45, 7) is 13.1. The standard InChI is InChI=1S/C13H25N3OSi/c1-7-12(3,4)15-9-10-16(13(5,6)8-2)18(15)14-11-17/h9-10,18H,7-8H2,1-6H3. The zero-order chi connectivity index (χ0) is 14.0. The Morgan fingerprint density at radius 2 is 1.44 bits per heavy atom. The van der Waals surface area contributed by atoms with Crippen LogP contribution in [-0.2, 0) is 4.79 Å². The molecule has 0 aromatic carbocycles. The minimum absolute atomic E-state index is 0.0340. The number of rotatable bonds is 5. The van der Waals surface area contributed by atoms with Gasteiger partial charge < -0.3 is 9.13 Å². The topological polar surface area (TPSA) is 35.9 Å². The Kier molecular flexibility index (Phi) is 4.40. The molecule has 0 saturated heterocycles. The van der Waals surface area contributed by atoms with Crippen LogP contribution in [0.1, 0.15) is 54.4 Å². The van der Waals surface area contributed by atoms with Crippen LogP contribution < -0.4 is 0 Å². The fourth-order valence-electron chi connectivity index (χ4n) is 2.00. The lowest BCUT2D eigenvalue weighted by atomic mass is 10.0. The number of hydrogen-bond acceptors (Lipinski definition) is 4. The number of hydrogen-bond donors (Lipinski definition) is 0. The van der Waals surface area contributed by atoms with E-state index in [0.717, 1.165) is 12.8 Å². The Morgan fingerprint density at radius 1 is 1.06 bits per heavy atom. The molecule has 0 radical (unpaired) electrons. The van der Waals surface area contributed by atoms with Gasteiger partial charge in [0.05, 0.1) is 0 Å². The second kappa shape index (κ2) is 5.29. The van der Waals surface area contributed by atoms with Gasteiger partial charge in [-0.2, -0.15) is 0 Å². The second-order valence-electron chi connectivity index (χ2n) is 6.01. The molecule has 0 unspecified atom stereocenters. The van der Waals surface area contributed by atoms with Gasteiger partial charge in [0.15, 0.2) is 0 Å². The molecule has 1 aliphatic heterocycles. The summed E-state index contributed by atoms with van der Waals surface area (Å²) in [5.41, 5.74) is 0.0681. The van der Waals surface area contributed by atoms with Crippen LogP contribution in [0.3, 0.4) is 0 Å². The number of carbonyl (C=O) groups excluding carboxylic acids is 1. The maximum absolute atomic E-state index is 10.7. The van der Waals surface area contributed by atoms with Gasteiger partial charge in [-0.15, -0.1) is 0 Å². The Labute approximate surface area is 112 Å². The molecule has 1 heterocycles. The highest BCUT2D eigenvalue weighted by Crippen LogP contribution is 2.32. The van der Waals surface area contributed by atoms with E-state index in [1.165, 1.54) is 0 Å². The molecule has 102 valence electrons. The molecule has 1 aliphatic rings. The highest BCUT2D eigenvalue weighted by molar-refractivity contribution is 6.53. The first-order valence-corrected chi connectivity index (χ1v) is 8.17. The van der Waals surface area contributed by atoms with Crippen molar-refractivity contribution in [3.05, 3.63) is 12.4 Å². The van der Waals surface area contributed by atoms with E-state index < -0.39 is 9.28 Å². The van der Waals surface area contributed by atoms with Crippen molar-refractivity contribution in [2.24, 2.45) is 4.66 Å². The third-order valence-electron chi connectivity index (χ3n) is 4.18. The van der Waals surface area contributed by atoms with Crippen molar-refractivity contribution in [2.75, 3.05) is 0 Å². The Hall–Kier alpha value is -1.06. The van der Waals surface area contributed by atoms with Gasteiger partial charge >= 0.3 is 9.28 Å². The first-order valence-electron chi connectivity index (χ1n) is 6.62. The van der Waals surface area contributed by atoms with Gasteiger partial charge in [-0.1, -0.05) is 13.8 Å². The van der Waals surface area contributed by atoms with E-state index in [4.69, 9.17) is 0 Å². The first kappa shape index (κ1) is 15.0. The third kappa shape index (κ3) is 2.67. The van der Waals surface area contributed by atoms with Gasteiger partial charge in [-0.05, 0) is 40.5 Å². The fourth-order valence-corrected chi connectivity index (χ4v) is 4.69. The van der Waals surface area contributed by atoms with Crippen molar-refractivity contribution in [1.82, 2.24) is 9.13 Å². The van der Waals surface area contributed by atoms with E-state index in [1.54, 1.807) is 6.08 Å². The van der Waals surface area contributed by atoms with Crippen molar-refractivity contribution in [3.8, 4) is 0 Å². The van der Waals surface area contributed by atoms with E-state index in [0.29, 0.717) is 0 Å². The van der Waals surface area contributed by atoms with E-state index in [2.05, 4.69) is 67.7 Å². The lowest BCUT2D eigenvalue weighted by molar-refractivity contribution is 0.243. The molecule has 0 N–H and O–H groups in total. The van der Waals surface area contributed by atoms with Crippen LogP contribution in [0.2, 0.25) is 0 Å². The van der Waals surface area contributed by atoms with Crippen LogP contribution in [-0.4, -0.2) is 35.6 Å². The van der Waals surface area contributed by atoms with Crippen molar-refractivity contribution >= 4 is 15.4 Å². The minimum Gasteiger partial charge on any atom is -0.365 e. The minimum atomic E-state index is -1.84. The van der Waals surface area contributed by atoms with Gasteiger partial charge in [-0.3, -0.25) is 0 Å². The van der Waals surface area contributed by atoms with Crippen molar-refractivity contribution in [2.45, 2.75) is 65.5 Å². The summed E-state index contributed by atoms with van der Waals surface area (Å²) in [5, 5.41) is 0. The SMILES string of the molecule is CCC(C)(C)N1C=CN(C(C)(C)CC)[SiH]1N=C=O. The molecule has 18 heavy (non-hydrogen) atoms. The van der Waals surface area contributed by atoms with E-state index in [1.807, 2.05) is 0 Å². The monoisotopic (exact) mass is 267 g/mol. The summed E-state index contributed by atoms with van der Waals surface area (Å²) in [5.74, 6) is 0. The van der Waals surface area contributed by atoms with Crippen LogP contribution in [0.4, 0.5) is 0 Å². The molecule has 4 nitrogen and oxygen atoms in total. The molecular weight excluding hydrogens is 242 g/mol. The molecule has 0 saturated carbocycles. The lowest BCUT2D eigenvalue weighted by Crippen LogP contribution is -2.56. The normalized spacial score (nSPS) is 17.2. The van der Waals surface area contributed by atoms with Gasteiger partial charge in [0.2, 0.25) is 6.08 Å². The predicted molar refractivity (Wildman–Crippen MR) is 76.8 cm³/mol. The Morgan fingerprint density at radius 3 is 1.72 bits per heavy atom. The van der Waals surface area contributed by atoms with Crippen LogP contribution >= 0.6 is 0 Å². The molecule has 0 fully saturated rings. The second-order valence-corrected chi connectivity index (χ2v) is 8.08. The first-order chi connectivity index (χ1) is 8.30. The van der Waals surface area contributed by atoms with Gasteiger partial charge in [0.1, 0.15) is 0 Å². The quantitative estimate of drug-likeness (QED) is 0.436. The average Bonchev–Trinajstić information content (AvgIpc) is 2.75. The summed E-state index contributed by atoms with van der Waals surface area (Å²) < 4.78 is 8.68. The maximum atomic E-state index is 10.7. The maximum Gasteiger partial charge on any atom is 0.394 e. The van der Waals surface area contributed by atoms with Gasteiger partial charge in [0.25, 0.3) is 0 Å². The zero-order valence-electron chi connectivity index (χ0n) is 12.4. The highest BCUT2D eigenvalue weighted by atomic mass is 28.3. The van der Waals surface area contributed by atoms with Crippen molar-refractivity contribution in [1.29, 1.82) is 0 Å². The summed E-state index contributed by atoms with van der Waals surface area (Å²) in [6.07, 6.45) is 8.01. The molecule has 0 bridgehead atoms. The van der Waals surface area contributed by atoms with Crippen molar-refractivity contribution in [3.63, 3.8) is 0 Å². The zero-order valence-corrected chi connectivity index (χ0v) is 13.6. The predicted octanol–water partition coefficient (Wildman–Crippen LogP) is 2.51. The number of nitrogens with zero attached hydrogens (tertiary/aromatic N) is 3. The molecule has 0 spiro atoms.